The molecule has 1 aliphatic rings. The van der Waals surface area contributed by atoms with Crippen LogP contribution in [0.1, 0.15) is 5.69 Å². The van der Waals surface area contributed by atoms with E-state index in [1.807, 2.05) is 25.1 Å². The Bertz CT molecular complexity index is 931. The molecule has 0 aliphatic carbocycles. The molecule has 1 saturated heterocycles. The minimum absolute atomic E-state index is 0.193. The minimum Gasteiger partial charge on any atom is -0.508 e. The molecule has 27 heavy (non-hydrogen) atoms. The molecule has 0 unspecified atom stereocenters. The number of likely N-dealkylation sites (N-methyl/N-ethyl adjacent to an activating group) is 1. The van der Waals surface area contributed by atoms with Gasteiger partial charge in [0.25, 0.3) is 0 Å². The fourth-order valence-electron chi connectivity index (χ4n) is 3.08. The molecule has 8 heteroatoms. The number of H-pyrrole nitrogens is 1. The zero-order chi connectivity index (χ0) is 18.8. The van der Waals surface area contributed by atoms with Crippen LogP contribution in [0.25, 0.3) is 11.4 Å². The van der Waals surface area contributed by atoms with E-state index in [0.29, 0.717) is 17.5 Å². The Balaban J connectivity index is 1.71. The minimum atomic E-state index is 0.193. The van der Waals surface area contributed by atoms with Crippen molar-refractivity contribution >= 4 is 17.5 Å². The highest BCUT2D eigenvalue weighted by molar-refractivity contribution is 5.65. The predicted molar refractivity (Wildman–Crippen MR) is 105 cm³/mol. The third kappa shape index (κ3) is 4.01. The van der Waals surface area contributed by atoms with Crippen LogP contribution in [-0.4, -0.2) is 63.4 Å². The molecule has 2 aromatic heterocycles. The molecule has 0 spiro atoms. The number of anilines is 3. The summed E-state index contributed by atoms with van der Waals surface area (Å²) in [5.41, 5.74) is 1.74. The number of nitrogens with one attached hydrogen (secondary N) is 2. The number of rotatable bonds is 4. The topological polar surface area (TPSA) is 93.2 Å². The van der Waals surface area contributed by atoms with E-state index < -0.39 is 0 Å². The molecule has 8 nitrogen and oxygen atoms in total. The third-order valence-corrected chi connectivity index (χ3v) is 4.61. The van der Waals surface area contributed by atoms with Gasteiger partial charge in [0.1, 0.15) is 17.4 Å². The molecule has 0 bridgehead atoms. The van der Waals surface area contributed by atoms with Crippen molar-refractivity contribution in [1.29, 1.82) is 0 Å². The van der Waals surface area contributed by atoms with E-state index in [4.69, 9.17) is 4.98 Å². The van der Waals surface area contributed by atoms with Gasteiger partial charge in [-0.15, -0.1) is 0 Å². The first-order chi connectivity index (χ1) is 13.1. The highest BCUT2D eigenvalue weighted by Crippen LogP contribution is 2.26. The first-order valence-electron chi connectivity index (χ1n) is 8.98. The maximum absolute atomic E-state index is 9.83. The fraction of sp³-hybridized carbons (Fsp3) is 0.316. The summed E-state index contributed by atoms with van der Waals surface area (Å²) in [4.78, 5) is 14.0. The number of phenols is 1. The molecule has 1 fully saturated rings. The Labute approximate surface area is 157 Å². The van der Waals surface area contributed by atoms with Gasteiger partial charge in [-0.2, -0.15) is 5.10 Å². The first-order valence-corrected chi connectivity index (χ1v) is 8.98. The van der Waals surface area contributed by atoms with Gasteiger partial charge in [0, 0.05) is 49.6 Å². The lowest BCUT2D eigenvalue weighted by Crippen LogP contribution is -2.44. The molecule has 140 valence electrons. The largest absolute Gasteiger partial charge is 0.508 e. The normalized spacial score (nSPS) is 15.1. The molecule has 3 heterocycles. The Kier molecular flexibility index (Phi) is 4.64. The van der Waals surface area contributed by atoms with Crippen molar-refractivity contribution < 1.29 is 5.11 Å². The van der Waals surface area contributed by atoms with Gasteiger partial charge in [-0.3, -0.25) is 5.10 Å². The summed E-state index contributed by atoms with van der Waals surface area (Å²) in [6.07, 6.45) is 0. The van der Waals surface area contributed by atoms with Crippen LogP contribution in [0.4, 0.5) is 17.5 Å². The Hall–Kier alpha value is -3.13. The lowest BCUT2D eigenvalue weighted by molar-refractivity contribution is 0.312. The van der Waals surface area contributed by atoms with Crippen LogP contribution in [0.2, 0.25) is 0 Å². The lowest BCUT2D eigenvalue weighted by atomic mass is 10.2. The van der Waals surface area contributed by atoms with Gasteiger partial charge in [-0.05, 0) is 26.1 Å². The van der Waals surface area contributed by atoms with Crippen molar-refractivity contribution in [2.45, 2.75) is 6.92 Å². The highest BCUT2D eigenvalue weighted by Gasteiger charge is 2.18. The number of hydrogen-bond acceptors (Lipinski definition) is 7. The zero-order valence-electron chi connectivity index (χ0n) is 15.5. The van der Waals surface area contributed by atoms with Crippen molar-refractivity contribution in [3.05, 3.63) is 42.1 Å². The Morgan fingerprint density at radius 3 is 2.56 bits per heavy atom. The zero-order valence-corrected chi connectivity index (χ0v) is 15.5. The summed E-state index contributed by atoms with van der Waals surface area (Å²) in [6, 6.07) is 10.9. The number of aromatic amines is 1. The van der Waals surface area contributed by atoms with Gasteiger partial charge in [0.15, 0.2) is 11.6 Å². The van der Waals surface area contributed by atoms with E-state index in [-0.39, 0.29) is 5.75 Å². The second kappa shape index (κ2) is 7.24. The highest BCUT2D eigenvalue weighted by atomic mass is 16.3. The van der Waals surface area contributed by atoms with Crippen molar-refractivity contribution in [3.63, 3.8) is 0 Å². The summed E-state index contributed by atoms with van der Waals surface area (Å²) in [5, 5.41) is 20.2. The number of phenolic OH excluding ortho intramolecular Hbond substituents is 1. The van der Waals surface area contributed by atoms with Gasteiger partial charge in [0.05, 0.1) is 0 Å². The van der Waals surface area contributed by atoms with E-state index >= 15 is 0 Å². The van der Waals surface area contributed by atoms with Gasteiger partial charge in [-0.25, -0.2) is 9.97 Å². The van der Waals surface area contributed by atoms with Gasteiger partial charge in [-0.1, -0.05) is 12.1 Å². The maximum atomic E-state index is 9.83. The van der Waals surface area contributed by atoms with Crippen molar-refractivity contribution in [2.75, 3.05) is 43.4 Å². The fourth-order valence-corrected chi connectivity index (χ4v) is 3.08. The Morgan fingerprint density at radius 2 is 1.85 bits per heavy atom. The molecule has 0 amide bonds. The molecular formula is C19H23N7O. The van der Waals surface area contributed by atoms with E-state index in [1.165, 1.54) is 0 Å². The molecule has 0 atom stereocenters. The second-order valence-corrected chi connectivity index (χ2v) is 6.84. The number of aromatic nitrogens is 4. The molecule has 1 aromatic carbocycles. The molecular weight excluding hydrogens is 342 g/mol. The SMILES string of the molecule is Cc1cc(Nc2cc(N3CCN(C)CC3)nc(-c3cccc(O)c3)n2)n[nH]1. The second-order valence-electron chi connectivity index (χ2n) is 6.84. The third-order valence-electron chi connectivity index (χ3n) is 4.61. The summed E-state index contributed by atoms with van der Waals surface area (Å²) in [7, 11) is 2.13. The molecule has 3 aromatic rings. The monoisotopic (exact) mass is 365 g/mol. The van der Waals surface area contributed by atoms with E-state index in [1.54, 1.807) is 18.2 Å². The number of benzene rings is 1. The van der Waals surface area contributed by atoms with Gasteiger partial charge in [0.2, 0.25) is 0 Å². The molecule has 0 saturated carbocycles. The van der Waals surface area contributed by atoms with E-state index in [2.05, 4.69) is 37.3 Å². The molecule has 0 radical (unpaired) electrons. The van der Waals surface area contributed by atoms with Crippen LogP contribution in [0.5, 0.6) is 5.75 Å². The van der Waals surface area contributed by atoms with Crippen LogP contribution in [0.3, 0.4) is 0 Å². The maximum Gasteiger partial charge on any atom is 0.164 e. The number of aryl methyl sites for hydroxylation is 1. The summed E-state index contributed by atoms with van der Waals surface area (Å²) in [5.74, 6) is 3.00. The number of aromatic hydroxyl groups is 1. The van der Waals surface area contributed by atoms with Crippen molar-refractivity contribution in [2.24, 2.45) is 0 Å². The standard InChI is InChI=1S/C19H23N7O/c1-13-10-17(24-23-13)20-16-12-18(26-8-6-25(2)7-9-26)22-19(21-16)14-4-3-5-15(27)11-14/h3-5,10-12,27H,6-9H2,1-2H3,(H2,20,21,22,23,24). The average Bonchev–Trinajstić information content (AvgIpc) is 3.07. The molecule has 3 N–H and O–H groups in total. The number of piperazine rings is 1. The summed E-state index contributed by atoms with van der Waals surface area (Å²) < 4.78 is 0. The van der Waals surface area contributed by atoms with Crippen LogP contribution in [-0.2, 0) is 0 Å². The van der Waals surface area contributed by atoms with Crippen LogP contribution < -0.4 is 10.2 Å². The summed E-state index contributed by atoms with van der Waals surface area (Å²) in [6.45, 7) is 5.76. The van der Waals surface area contributed by atoms with Crippen molar-refractivity contribution in [1.82, 2.24) is 25.1 Å². The van der Waals surface area contributed by atoms with E-state index in [0.717, 1.165) is 43.3 Å². The van der Waals surface area contributed by atoms with Crippen molar-refractivity contribution in [3.8, 4) is 17.1 Å². The summed E-state index contributed by atoms with van der Waals surface area (Å²) >= 11 is 0. The van der Waals surface area contributed by atoms with Gasteiger partial charge >= 0.3 is 0 Å². The van der Waals surface area contributed by atoms with E-state index in [9.17, 15) is 5.11 Å². The molecule has 4 rings (SSSR count). The quantitative estimate of drug-likeness (QED) is 0.653. The smallest absolute Gasteiger partial charge is 0.164 e. The number of hydrogen-bond donors (Lipinski definition) is 3. The van der Waals surface area contributed by atoms with Gasteiger partial charge < -0.3 is 20.2 Å². The van der Waals surface area contributed by atoms with Crippen LogP contribution in [0, 0.1) is 6.92 Å². The lowest BCUT2D eigenvalue weighted by Gasteiger charge is -2.33. The first kappa shape index (κ1) is 17.3. The number of nitrogens with zero attached hydrogens (tertiary/aromatic N) is 5. The average molecular weight is 365 g/mol. The van der Waals surface area contributed by atoms with Crippen LogP contribution >= 0.6 is 0 Å². The van der Waals surface area contributed by atoms with Crippen LogP contribution in [0.15, 0.2) is 36.4 Å². The Morgan fingerprint density at radius 1 is 1.04 bits per heavy atom. The molecule has 1 aliphatic heterocycles. The predicted octanol–water partition coefficient (Wildman–Crippen LogP) is 2.38.